The Balaban J connectivity index is 2.76. The minimum absolute atomic E-state index is 0.265. The average Bonchev–Trinajstić information content (AvgIpc) is 2.59. The quantitative estimate of drug-likeness (QED) is 0.644. The van der Waals surface area contributed by atoms with Crippen molar-refractivity contribution in [3.05, 3.63) is 23.6 Å². The summed E-state index contributed by atoms with van der Waals surface area (Å²) in [6.45, 7) is 0. The molecular formula is C10H15BrN4O2. The van der Waals surface area contributed by atoms with Gasteiger partial charge in [-0.15, -0.1) is 5.06 Å². The van der Waals surface area contributed by atoms with Crippen LogP contribution in [0.3, 0.4) is 0 Å². The van der Waals surface area contributed by atoms with Gasteiger partial charge in [-0.05, 0) is 22.0 Å². The normalized spacial score (nSPS) is 20.8. The lowest BCUT2D eigenvalue weighted by atomic mass is 10.1. The number of rotatable bonds is 5. The summed E-state index contributed by atoms with van der Waals surface area (Å²) in [4.78, 5) is 16.5. The first kappa shape index (κ1) is 13.7. The number of allylic oxidation sites excluding steroid dienone is 1. The molecule has 94 valence electrons. The molecule has 6 nitrogen and oxygen atoms in total. The molecule has 0 saturated carbocycles. The van der Waals surface area contributed by atoms with Crippen LogP contribution in [0, 0.1) is 5.41 Å². The maximum atomic E-state index is 11.1. The number of nitrogens with zero attached hydrogens (tertiary/aromatic N) is 1. The Bertz CT molecular complexity index is 392. The zero-order valence-corrected chi connectivity index (χ0v) is 11.2. The Morgan fingerprint density at radius 2 is 2.47 bits per heavy atom. The minimum atomic E-state index is -0.551. The first-order valence-electron chi connectivity index (χ1n) is 4.97. The number of amides is 1. The van der Waals surface area contributed by atoms with Gasteiger partial charge in [-0.3, -0.25) is 10.2 Å². The van der Waals surface area contributed by atoms with Crippen molar-refractivity contribution < 1.29 is 9.63 Å². The Labute approximate surface area is 108 Å². The van der Waals surface area contributed by atoms with Crippen LogP contribution in [-0.2, 0) is 9.63 Å². The summed E-state index contributed by atoms with van der Waals surface area (Å²) >= 11 is 3.10. The zero-order valence-electron chi connectivity index (χ0n) is 9.66. The van der Waals surface area contributed by atoms with Gasteiger partial charge in [-0.25, -0.2) is 0 Å². The number of carbonyl (C=O) groups excluding carboxylic acids is 1. The lowest BCUT2D eigenvalue weighted by Gasteiger charge is -2.15. The SMILES string of the molecule is CN/C=C(/CC1=CC(C(N)=O)N(C)O1)C(=N)Br. The van der Waals surface area contributed by atoms with Crippen LogP contribution in [0.15, 0.2) is 23.6 Å². The second kappa shape index (κ2) is 5.83. The number of hydrogen-bond acceptors (Lipinski definition) is 5. The molecule has 1 aliphatic heterocycles. The van der Waals surface area contributed by atoms with E-state index in [4.69, 9.17) is 16.0 Å². The van der Waals surface area contributed by atoms with Gasteiger partial charge < -0.3 is 15.9 Å². The highest BCUT2D eigenvalue weighted by Crippen LogP contribution is 2.23. The van der Waals surface area contributed by atoms with Gasteiger partial charge in [-0.1, -0.05) is 0 Å². The predicted molar refractivity (Wildman–Crippen MR) is 68.3 cm³/mol. The van der Waals surface area contributed by atoms with Crippen molar-refractivity contribution in [1.82, 2.24) is 10.4 Å². The molecule has 0 spiro atoms. The molecule has 1 rings (SSSR count). The summed E-state index contributed by atoms with van der Waals surface area (Å²) in [6, 6.07) is -0.551. The first-order valence-corrected chi connectivity index (χ1v) is 5.76. The maximum absolute atomic E-state index is 11.1. The molecule has 0 aromatic heterocycles. The van der Waals surface area contributed by atoms with E-state index in [2.05, 4.69) is 21.2 Å². The predicted octanol–water partition coefficient (Wildman–Crippen LogP) is 0.467. The van der Waals surface area contributed by atoms with Crippen LogP contribution in [0.25, 0.3) is 0 Å². The van der Waals surface area contributed by atoms with E-state index >= 15 is 0 Å². The van der Waals surface area contributed by atoms with Crippen LogP contribution >= 0.6 is 15.9 Å². The van der Waals surface area contributed by atoms with Crippen molar-refractivity contribution in [3.8, 4) is 0 Å². The fourth-order valence-electron chi connectivity index (χ4n) is 1.46. The number of carbonyl (C=O) groups is 1. The van der Waals surface area contributed by atoms with Gasteiger partial charge in [-0.2, -0.15) is 0 Å². The Hall–Kier alpha value is -1.34. The van der Waals surface area contributed by atoms with E-state index in [1.807, 2.05) is 0 Å². The van der Waals surface area contributed by atoms with Crippen molar-refractivity contribution in [2.45, 2.75) is 12.5 Å². The lowest BCUT2D eigenvalue weighted by Crippen LogP contribution is -2.37. The lowest BCUT2D eigenvalue weighted by molar-refractivity contribution is -0.137. The van der Waals surface area contributed by atoms with Gasteiger partial charge in [0.05, 0.1) is 0 Å². The molecule has 0 fully saturated rings. The van der Waals surface area contributed by atoms with Crippen LogP contribution in [0.1, 0.15) is 6.42 Å². The smallest absolute Gasteiger partial charge is 0.242 e. The van der Waals surface area contributed by atoms with Crippen LogP contribution in [0.4, 0.5) is 0 Å². The Morgan fingerprint density at radius 3 is 2.88 bits per heavy atom. The molecule has 0 aliphatic carbocycles. The summed E-state index contributed by atoms with van der Waals surface area (Å²) in [7, 11) is 3.39. The molecule has 0 aromatic rings. The summed E-state index contributed by atoms with van der Waals surface area (Å²) < 4.78 is 0.265. The third-order valence-corrected chi connectivity index (χ3v) is 2.76. The van der Waals surface area contributed by atoms with Crippen molar-refractivity contribution in [2.75, 3.05) is 14.1 Å². The van der Waals surface area contributed by atoms with Crippen LogP contribution in [-0.4, -0.2) is 35.7 Å². The summed E-state index contributed by atoms with van der Waals surface area (Å²) in [5.41, 5.74) is 5.94. The highest BCUT2D eigenvalue weighted by atomic mass is 79.9. The van der Waals surface area contributed by atoms with Crippen LogP contribution in [0.5, 0.6) is 0 Å². The van der Waals surface area contributed by atoms with E-state index in [9.17, 15) is 4.79 Å². The van der Waals surface area contributed by atoms with E-state index in [0.717, 1.165) is 5.57 Å². The monoisotopic (exact) mass is 302 g/mol. The van der Waals surface area contributed by atoms with E-state index < -0.39 is 11.9 Å². The number of hydrogen-bond donors (Lipinski definition) is 3. The molecule has 1 aliphatic rings. The molecule has 0 bridgehead atoms. The number of likely N-dealkylation sites (N-methyl/N-ethyl adjacent to an activating group) is 1. The number of nitrogens with one attached hydrogen (secondary N) is 2. The van der Waals surface area contributed by atoms with Gasteiger partial charge in [0.25, 0.3) is 0 Å². The molecular weight excluding hydrogens is 288 g/mol. The molecule has 4 N–H and O–H groups in total. The maximum Gasteiger partial charge on any atom is 0.242 e. The molecule has 1 heterocycles. The topological polar surface area (TPSA) is 91.4 Å². The van der Waals surface area contributed by atoms with Gasteiger partial charge in [0, 0.05) is 32.3 Å². The zero-order chi connectivity index (χ0) is 13.0. The largest absolute Gasteiger partial charge is 0.410 e. The standard InChI is InChI=1S/C10H15BrN4O2/c1-14-5-6(9(11)12)3-7-4-8(10(13)16)15(2)17-7/h4-5,8,12,14H,3H2,1-2H3,(H2,13,16)/b6-5-,12-9?. The third kappa shape index (κ3) is 3.57. The first-order chi connectivity index (χ1) is 7.95. The second-order valence-corrected chi connectivity index (χ2v) is 4.36. The van der Waals surface area contributed by atoms with Crippen molar-refractivity contribution in [3.63, 3.8) is 0 Å². The Kier molecular flexibility index (Phi) is 4.71. The summed E-state index contributed by atoms with van der Waals surface area (Å²) in [5, 5.41) is 11.8. The minimum Gasteiger partial charge on any atom is -0.410 e. The van der Waals surface area contributed by atoms with Gasteiger partial charge in [0.15, 0.2) is 0 Å². The number of primary amides is 1. The van der Waals surface area contributed by atoms with Crippen molar-refractivity contribution >= 4 is 26.5 Å². The van der Waals surface area contributed by atoms with Crippen LogP contribution < -0.4 is 11.1 Å². The average molecular weight is 303 g/mol. The number of nitrogens with two attached hydrogens (primary N) is 1. The molecule has 7 heteroatoms. The molecule has 0 aromatic carbocycles. The van der Waals surface area contributed by atoms with E-state index in [-0.39, 0.29) is 4.62 Å². The highest BCUT2D eigenvalue weighted by molar-refractivity contribution is 9.18. The van der Waals surface area contributed by atoms with Crippen molar-refractivity contribution in [1.29, 1.82) is 5.41 Å². The fourth-order valence-corrected chi connectivity index (χ4v) is 1.71. The van der Waals surface area contributed by atoms with Gasteiger partial charge in [0.1, 0.15) is 16.4 Å². The van der Waals surface area contributed by atoms with Gasteiger partial charge >= 0.3 is 0 Å². The second-order valence-electron chi connectivity index (χ2n) is 3.57. The summed E-state index contributed by atoms with van der Waals surface area (Å²) in [6.07, 6.45) is 3.76. The molecule has 17 heavy (non-hydrogen) atoms. The van der Waals surface area contributed by atoms with E-state index in [1.54, 1.807) is 26.4 Å². The molecule has 1 amide bonds. The molecule has 1 atom stereocenters. The number of halogens is 1. The third-order valence-electron chi connectivity index (χ3n) is 2.25. The fraction of sp³-hybridized carbons (Fsp3) is 0.400. The van der Waals surface area contributed by atoms with Crippen LogP contribution in [0.2, 0.25) is 0 Å². The van der Waals surface area contributed by atoms with E-state index in [0.29, 0.717) is 12.2 Å². The highest BCUT2D eigenvalue weighted by Gasteiger charge is 2.28. The molecule has 0 radical (unpaired) electrons. The number of hydroxylamine groups is 2. The summed E-state index contributed by atoms with van der Waals surface area (Å²) in [5.74, 6) is 0.137. The van der Waals surface area contributed by atoms with E-state index in [1.165, 1.54) is 5.06 Å². The Morgan fingerprint density at radius 1 is 1.82 bits per heavy atom. The molecule has 0 saturated heterocycles. The van der Waals surface area contributed by atoms with Gasteiger partial charge in [0.2, 0.25) is 5.91 Å². The van der Waals surface area contributed by atoms with Crippen molar-refractivity contribution in [2.24, 2.45) is 5.73 Å². The molecule has 1 unspecified atom stereocenters.